The molecular weight excluding hydrogens is 366 g/mol. The van der Waals surface area contributed by atoms with Gasteiger partial charge in [0.1, 0.15) is 16.7 Å². The summed E-state index contributed by atoms with van der Waals surface area (Å²) in [6, 6.07) is 8.57. The van der Waals surface area contributed by atoms with Gasteiger partial charge in [0.05, 0.1) is 11.3 Å². The standard InChI is InChI=1S/C18H11ClF2N2O3/c1-9(24)22-12-5-2-10(3-6-12)15-16(19)18(26)23(17(15)25)14-7-4-11(20)8-13(14)21/h2-8H,1H3,(H,22,24). The van der Waals surface area contributed by atoms with Gasteiger partial charge in [-0.1, -0.05) is 23.7 Å². The number of hydrogen-bond acceptors (Lipinski definition) is 3. The molecule has 0 saturated carbocycles. The van der Waals surface area contributed by atoms with Gasteiger partial charge in [0.25, 0.3) is 11.8 Å². The fraction of sp³-hybridized carbons (Fsp3) is 0.0556. The molecule has 2 aromatic carbocycles. The van der Waals surface area contributed by atoms with Gasteiger partial charge in [0.15, 0.2) is 0 Å². The van der Waals surface area contributed by atoms with Crippen LogP contribution in [0, 0.1) is 11.6 Å². The molecule has 0 atom stereocenters. The minimum absolute atomic E-state index is 0.102. The van der Waals surface area contributed by atoms with Crippen molar-refractivity contribution in [2.45, 2.75) is 6.92 Å². The van der Waals surface area contributed by atoms with E-state index in [0.29, 0.717) is 22.2 Å². The topological polar surface area (TPSA) is 66.5 Å². The molecule has 0 aromatic heterocycles. The van der Waals surface area contributed by atoms with Crippen molar-refractivity contribution in [2.24, 2.45) is 0 Å². The Hall–Kier alpha value is -3.06. The summed E-state index contributed by atoms with van der Waals surface area (Å²) in [6.45, 7) is 1.35. The van der Waals surface area contributed by atoms with Crippen LogP contribution in [0.4, 0.5) is 20.2 Å². The second-order valence-electron chi connectivity index (χ2n) is 5.49. The molecule has 1 N–H and O–H groups in total. The molecule has 26 heavy (non-hydrogen) atoms. The zero-order valence-corrected chi connectivity index (χ0v) is 14.1. The van der Waals surface area contributed by atoms with E-state index < -0.39 is 23.4 Å². The maximum atomic E-state index is 14.0. The Kier molecular flexibility index (Phi) is 4.56. The normalized spacial score (nSPS) is 14.2. The molecule has 0 spiro atoms. The molecule has 0 radical (unpaired) electrons. The lowest BCUT2D eigenvalue weighted by atomic mass is 10.1. The highest BCUT2D eigenvalue weighted by molar-refractivity contribution is 6.60. The Labute approximate surface area is 151 Å². The summed E-state index contributed by atoms with van der Waals surface area (Å²) in [6.07, 6.45) is 0. The number of benzene rings is 2. The molecule has 0 aliphatic carbocycles. The van der Waals surface area contributed by atoms with Crippen LogP contribution in [0.15, 0.2) is 47.5 Å². The highest BCUT2D eigenvalue weighted by atomic mass is 35.5. The summed E-state index contributed by atoms with van der Waals surface area (Å²) in [7, 11) is 0. The predicted octanol–water partition coefficient (Wildman–Crippen LogP) is 3.45. The predicted molar refractivity (Wildman–Crippen MR) is 92.4 cm³/mol. The van der Waals surface area contributed by atoms with Crippen molar-refractivity contribution in [2.75, 3.05) is 10.2 Å². The van der Waals surface area contributed by atoms with Crippen molar-refractivity contribution < 1.29 is 23.2 Å². The van der Waals surface area contributed by atoms with Crippen molar-refractivity contribution in [3.05, 3.63) is 64.7 Å². The fourth-order valence-corrected chi connectivity index (χ4v) is 2.83. The quantitative estimate of drug-likeness (QED) is 0.834. The Morgan fingerprint density at radius 3 is 2.27 bits per heavy atom. The van der Waals surface area contributed by atoms with Crippen molar-refractivity contribution in [3.8, 4) is 0 Å². The van der Waals surface area contributed by atoms with Crippen molar-refractivity contribution >= 4 is 46.3 Å². The Bertz CT molecular complexity index is 971. The summed E-state index contributed by atoms with van der Waals surface area (Å²) < 4.78 is 27.1. The van der Waals surface area contributed by atoms with Crippen LogP contribution < -0.4 is 10.2 Å². The molecule has 0 unspecified atom stereocenters. The molecule has 1 heterocycles. The van der Waals surface area contributed by atoms with Crippen LogP contribution in [-0.4, -0.2) is 17.7 Å². The zero-order chi connectivity index (χ0) is 19.0. The number of carbonyl (C=O) groups excluding carboxylic acids is 3. The maximum absolute atomic E-state index is 14.0. The largest absolute Gasteiger partial charge is 0.326 e. The third kappa shape index (κ3) is 3.09. The monoisotopic (exact) mass is 376 g/mol. The van der Waals surface area contributed by atoms with Gasteiger partial charge in [-0.15, -0.1) is 0 Å². The van der Waals surface area contributed by atoms with Gasteiger partial charge in [0, 0.05) is 18.7 Å². The average molecular weight is 377 g/mol. The number of nitrogens with one attached hydrogen (secondary N) is 1. The highest BCUT2D eigenvalue weighted by Gasteiger charge is 2.40. The van der Waals surface area contributed by atoms with Gasteiger partial charge < -0.3 is 5.32 Å². The van der Waals surface area contributed by atoms with Crippen LogP contribution in [-0.2, 0) is 14.4 Å². The first-order chi connectivity index (χ1) is 12.3. The van der Waals surface area contributed by atoms with E-state index in [1.807, 2.05) is 0 Å². The molecule has 3 rings (SSSR count). The lowest BCUT2D eigenvalue weighted by molar-refractivity contribution is -0.120. The van der Waals surface area contributed by atoms with Crippen molar-refractivity contribution in [1.29, 1.82) is 0 Å². The van der Waals surface area contributed by atoms with E-state index in [2.05, 4.69) is 5.32 Å². The van der Waals surface area contributed by atoms with E-state index in [-0.39, 0.29) is 22.2 Å². The van der Waals surface area contributed by atoms with Gasteiger partial charge in [-0.05, 0) is 29.8 Å². The summed E-state index contributed by atoms with van der Waals surface area (Å²) in [5, 5.41) is 2.20. The first-order valence-corrected chi connectivity index (χ1v) is 7.79. The van der Waals surface area contributed by atoms with Crippen molar-refractivity contribution in [3.63, 3.8) is 0 Å². The maximum Gasteiger partial charge on any atom is 0.277 e. The molecule has 0 bridgehead atoms. The number of nitrogens with zero attached hydrogens (tertiary/aromatic N) is 1. The summed E-state index contributed by atoms with van der Waals surface area (Å²) in [5.41, 5.74) is 0.336. The molecule has 132 valence electrons. The second kappa shape index (κ2) is 6.68. The lowest BCUT2D eigenvalue weighted by Crippen LogP contribution is -2.32. The first-order valence-electron chi connectivity index (χ1n) is 7.41. The number of carbonyl (C=O) groups is 3. The van der Waals surface area contributed by atoms with Gasteiger partial charge in [0.2, 0.25) is 5.91 Å². The second-order valence-corrected chi connectivity index (χ2v) is 5.87. The number of anilines is 2. The third-order valence-corrected chi connectivity index (χ3v) is 4.02. The number of imide groups is 1. The average Bonchev–Trinajstić information content (AvgIpc) is 2.78. The van der Waals surface area contributed by atoms with Crippen LogP contribution in [0.3, 0.4) is 0 Å². The van der Waals surface area contributed by atoms with Crippen molar-refractivity contribution in [1.82, 2.24) is 0 Å². The molecule has 8 heteroatoms. The van der Waals surface area contributed by atoms with Gasteiger partial charge in [-0.3, -0.25) is 14.4 Å². The lowest BCUT2D eigenvalue weighted by Gasteiger charge is -2.15. The van der Waals surface area contributed by atoms with E-state index in [9.17, 15) is 23.2 Å². The van der Waals surface area contributed by atoms with Gasteiger partial charge in [-0.25, -0.2) is 13.7 Å². The summed E-state index contributed by atoms with van der Waals surface area (Å²) in [4.78, 5) is 36.6. The van der Waals surface area contributed by atoms with Crippen LogP contribution in [0.5, 0.6) is 0 Å². The van der Waals surface area contributed by atoms with Crippen LogP contribution in [0.25, 0.3) is 5.57 Å². The minimum Gasteiger partial charge on any atom is -0.326 e. The van der Waals surface area contributed by atoms with E-state index in [0.717, 1.165) is 12.1 Å². The molecule has 3 amide bonds. The van der Waals surface area contributed by atoms with Crippen LogP contribution in [0.1, 0.15) is 12.5 Å². The van der Waals surface area contributed by atoms with Gasteiger partial charge in [-0.2, -0.15) is 0 Å². The molecule has 0 saturated heterocycles. The SMILES string of the molecule is CC(=O)Nc1ccc(C2=C(Cl)C(=O)N(c3ccc(F)cc3F)C2=O)cc1. The number of rotatable bonds is 3. The molecule has 1 aliphatic heterocycles. The van der Waals surface area contributed by atoms with Crippen LogP contribution in [0.2, 0.25) is 0 Å². The fourth-order valence-electron chi connectivity index (χ4n) is 2.56. The Morgan fingerprint density at radius 1 is 1.04 bits per heavy atom. The Balaban J connectivity index is 1.97. The summed E-state index contributed by atoms with van der Waals surface area (Å²) >= 11 is 6.01. The molecule has 2 aromatic rings. The number of amides is 3. The molecular formula is C18H11ClF2N2O3. The van der Waals surface area contributed by atoms with E-state index >= 15 is 0 Å². The van der Waals surface area contributed by atoms with E-state index in [1.165, 1.54) is 31.2 Å². The molecule has 0 fully saturated rings. The third-order valence-electron chi connectivity index (χ3n) is 3.67. The van der Waals surface area contributed by atoms with Gasteiger partial charge >= 0.3 is 0 Å². The minimum atomic E-state index is -1.06. The Morgan fingerprint density at radius 2 is 1.69 bits per heavy atom. The number of hydrogen-bond donors (Lipinski definition) is 1. The molecule has 1 aliphatic rings. The first kappa shape index (κ1) is 17.8. The van der Waals surface area contributed by atoms with E-state index in [1.54, 1.807) is 0 Å². The highest BCUT2D eigenvalue weighted by Crippen LogP contribution is 2.36. The van der Waals surface area contributed by atoms with E-state index in [4.69, 9.17) is 11.6 Å². The number of halogens is 3. The van der Waals surface area contributed by atoms with Crippen LogP contribution >= 0.6 is 11.6 Å². The molecule has 5 nitrogen and oxygen atoms in total. The smallest absolute Gasteiger partial charge is 0.277 e. The summed E-state index contributed by atoms with van der Waals surface area (Å²) in [5.74, 6) is -3.88. The zero-order valence-electron chi connectivity index (χ0n) is 13.3.